The first kappa shape index (κ1) is 9.86. The van der Waals surface area contributed by atoms with Crippen LogP contribution in [0, 0.1) is 5.41 Å². The molecular weight excluding hydrogens is 268 g/mol. The third kappa shape index (κ3) is 1.74. The highest BCUT2D eigenvalue weighted by atomic mass is 79.9. The summed E-state index contributed by atoms with van der Waals surface area (Å²) >= 11 is 5.52. The Labute approximate surface area is 102 Å². The van der Waals surface area contributed by atoms with Crippen LogP contribution < -0.4 is 0 Å². The minimum absolute atomic E-state index is 0.587. The van der Waals surface area contributed by atoms with Gasteiger partial charge in [-0.1, -0.05) is 34.1 Å². The van der Waals surface area contributed by atoms with Crippen LogP contribution in [0.2, 0.25) is 0 Å². The van der Waals surface area contributed by atoms with Crippen molar-refractivity contribution in [2.24, 2.45) is 5.41 Å². The van der Waals surface area contributed by atoms with Crippen LogP contribution in [0.1, 0.15) is 18.4 Å². The molecule has 1 fully saturated rings. The Morgan fingerprint density at radius 2 is 2.07 bits per heavy atom. The lowest BCUT2D eigenvalue weighted by Crippen LogP contribution is -2.05. The predicted octanol–water partition coefficient (Wildman–Crippen LogP) is 4.62. The van der Waals surface area contributed by atoms with Gasteiger partial charge in [-0.05, 0) is 47.1 Å². The van der Waals surface area contributed by atoms with Gasteiger partial charge in [0.25, 0.3) is 0 Å². The van der Waals surface area contributed by atoms with Gasteiger partial charge in [-0.25, -0.2) is 0 Å². The van der Waals surface area contributed by atoms with E-state index in [4.69, 9.17) is 0 Å². The number of halogens is 1. The minimum Gasteiger partial charge on any atom is -0.144 e. The molecule has 78 valence electrons. The molecule has 1 aliphatic rings. The topological polar surface area (TPSA) is 0 Å². The lowest BCUT2D eigenvalue weighted by Gasteiger charge is -2.09. The van der Waals surface area contributed by atoms with Crippen LogP contribution in [-0.4, -0.2) is 5.33 Å². The first-order valence-electron chi connectivity index (χ1n) is 5.34. The molecule has 0 aliphatic heterocycles. The smallest absolute Gasteiger partial charge is 0.0345 e. The molecule has 0 bridgehead atoms. The summed E-state index contributed by atoms with van der Waals surface area (Å²) in [6, 6.07) is 8.74. The van der Waals surface area contributed by atoms with Crippen LogP contribution >= 0.6 is 27.3 Å². The Morgan fingerprint density at radius 1 is 1.27 bits per heavy atom. The molecule has 0 amide bonds. The van der Waals surface area contributed by atoms with E-state index in [9.17, 15) is 0 Å². The molecule has 15 heavy (non-hydrogen) atoms. The molecule has 0 spiro atoms. The summed E-state index contributed by atoms with van der Waals surface area (Å²) in [5, 5.41) is 4.96. The van der Waals surface area contributed by atoms with Crippen molar-refractivity contribution in [1.29, 1.82) is 0 Å². The van der Waals surface area contributed by atoms with Crippen LogP contribution in [0.3, 0.4) is 0 Å². The van der Waals surface area contributed by atoms with Gasteiger partial charge in [0.1, 0.15) is 0 Å². The summed E-state index contributed by atoms with van der Waals surface area (Å²) in [7, 11) is 0. The third-order valence-electron chi connectivity index (χ3n) is 3.37. The molecule has 0 saturated heterocycles. The molecule has 0 radical (unpaired) electrons. The second kappa shape index (κ2) is 3.60. The summed E-state index contributed by atoms with van der Waals surface area (Å²) in [6.07, 6.45) is 4.03. The van der Waals surface area contributed by atoms with Crippen molar-refractivity contribution in [3.8, 4) is 0 Å². The molecule has 2 aromatic rings. The summed E-state index contributed by atoms with van der Waals surface area (Å²) in [6.45, 7) is 0. The van der Waals surface area contributed by atoms with E-state index < -0.39 is 0 Å². The Bertz CT molecular complexity index is 482. The maximum atomic E-state index is 3.65. The first-order chi connectivity index (χ1) is 7.33. The number of benzene rings is 1. The molecule has 1 saturated carbocycles. The molecule has 0 nitrogen and oxygen atoms in total. The molecule has 1 aliphatic carbocycles. The van der Waals surface area contributed by atoms with E-state index in [-0.39, 0.29) is 0 Å². The van der Waals surface area contributed by atoms with Crippen LogP contribution in [0.25, 0.3) is 10.1 Å². The number of alkyl halides is 1. The fourth-order valence-electron chi connectivity index (χ4n) is 2.11. The van der Waals surface area contributed by atoms with Gasteiger partial charge in [0.15, 0.2) is 0 Å². The largest absolute Gasteiger partial charge is 0.144 e. The zero-order valence-corrected chi connectivity index (χ0v) is 10.9. The zero-order valence-electron chi connectivity index (χ0n) is 8.50. The Morgan fingerprint density at radius 3 is 2.80 bits per heavy atom. The fraction of sp³-hybridized carbons (Fsp3) is 0.385. The van der Waals surface area contributed by atoms with Gasteiger partial charge < -0.3 is 0 Å². The molecule has 1 aromatic carbocycles. The Hall–Kier alpha value is -0.340. The molecule has 0 atom stereocenters. The van der Waals surface area contributed by atoms with Gasteiger partial charge >= 0.3 is 0 Å². The minimum atomic E-state index is 0.587. The Kier molecular flexibility index (Phi) is 2.37. The predicted molar refractivity (Wildman–Crippen MR) is 71.0 cm³/mol. The van der Waals surface area contributed by atoms with Crippen molar-refractivity contribution in [2.45, 2.75) is 19.3 Å². The molecule has 1 heterocycles. The standard InChI is InChI=1S/C13H13BrS/c14-9-13(5-6-13)7-10-8-15-12-4-2-1-3-11(10)12/h1-4,8H,5-7,9H2. The van der Waals surface area contributed by atoms with E-state index in [2.05, 4.69) is 45.6 Å². The fourth-order valence-corrected chi connectivity index (χ4v) is 3.83. The first-order valence-corrected chi connectivity index (χ1v) is 7.34. The molecule has 1 aromatic heterocycles. The molecule has 0 unspecified atom stereocenters. The van der Waals surface area contributed by atoms with Gasteiger partial charge in [0.2, 0.25) is 0 Å². The average Bonchev–Trinajstić information content (AvgIpc) is 2.95. The number of thiophene rings is 1. The van der Waals surface area contributed by atoms with E-state index in [0.717, 1.165) is 5.33 Å². The van der Waals surface area contributed by atoms with Crippen molar-refractivity contribution < 1.29 is 0 Å². The van der Waals surface area contributed by atoms with Gasteiger partial charge in [0, 0.05) is 10.0 Å². The maximum Gasteiger partial charge on any atom is 0.0345 e. The van der Waals surface area contributed by atoms with E-state index in [1.165, 1.54) is 29.3 Å². The van der Waals surface area contributed by atoms with Crippen LogP contribution in [0.15, 0.2) is 29.6 Å². The summed E-state index contributed by atoms with van der Waals surface area (Å²) < 4.78 is 1.43. The second-order valence-corrected chi connectivity index (χ2v) is 6.04. The second-order valence-electron chi connectivity index (χ2n) is 4.57. The molecule has 0 N–H and O–H groups in total. The lowest BCUT2D eigenvalue weighted by molar-refractivity contribution is 0.590. The van der Waals surface area contributed by atoms with Crippen LogP contribution in [0.5, 0.6) is 0 Å². The number of hydrogen-bond donors (Lipinski definition) is 0. The van der Waals surface area contributed by atoms with E-state index in [1.54, 1.807) is 5.56 Å². The molecular formula is C13H13BrS. The summed E-state index contributed by atoms with van der Waals surface area (Å²) in [4.78, 5) is 0. The maximum absolute atomic E-state index is 3.65. The van der Waals surface area contributed by atoms with E-state index >= 15 is 0 Å². The van der Waals surface area contributed by atoms with Crippen molar-refractivity contribution in [2.75, 3.05) is 5.33 Å². The molecule has 3 rings (SSSR count). The number of hydrogen-bond acceptors (Lipinski definition) is 1. The van der Waals surface area contributed by atoms with Crippen LogP contribution in [0.4, 0.5) is 0 Å². The summed E-state index contributed by atoms with van der Waals surface area (Å²) in [5.41, 5.74) is 2.14. The normalized spacial score (nSPS) is 18.2. The van der Waals surface area contributed by atoms with E-state index in [0.29, 0.717) is 5.41 Å². The van der Waals surface area contributed by atoms with Crippen molar-refractivity contribution in [1.82, 2.24) is 0 Å². The zero-order chi connectivity index (χ0) is 10.3. The van der Waals surface area contributed by atoms with Crippen LogP contribution in [-0.2, 0) is 6.42 Å². The SMILES string of the molecule is BrCC1(Cc2csc3ccccc23)CC1. The Balaban J connectivity index is 1.98. The van der Waals surface area contributed by atoms with E-state index in [1.807, 2.05) is 11.3 Å². The number of rotatable bonds is 3. The highest BCUT2D eigenvalue weighted by molar-refractivity contribution is 9.09. The van der Waals surface area contributed by atoms with Crippen molar-refractivity contribution in [3.63, 3.8) is 0 Å². The third-order valence-corrected chi connectivity index (χ3v) is 5.57. The van der Waals surface area contributed by atoms with Gasteiger partial charge in [-0.2, -0.15) is 0 Å². The van der Waals surface area contributed by atoms with Crippen molar-refractivity contribution >= 4 is 37.4 Å². The lowest BCUT2D eigenvalue weighted by atomic mass is 9.98. The average molecular weight is 281 g/mol. The molecule has 2 heteroatoms. The van der Waals surface area contributed by atoms with Crippen molar-refractivity contribution in [3.05, 3.63) is 35.2 Å². The van der Waals surface area contributed by atoms with Gasteiger partial charge in [0.05, 0.1) is 0 Å². The van der Waals surface area contributed by atoms with Gasteiger partial charge in [-0.15, -0.1) is 11.3 Å². The summed E-state index contributed by atoms with van der Waals surface area (Å²) in [5.74, 6) is 0. The quantitative estimate of drug-likeness (QED) is 0.720. The van der Waals surface area contributed by atoms with Gasteiger partial charge in [-0.3, -0.25) is 0 Å². The highest BCUT2D eigenvalue weighted by Crippen LogP contribution is 2.50. The monoisotopic (exact) mass is 280 g/mol. The number of fused-ring (bicyclic) bond motifs is 1. The highest BCUT2D eigenvalue weighted by Gasteiger charge is 2.41.